The van der Waals surface area contributed by atoms with Crippen LogP contribution in [0.1, 0.15) is 23.6 Å². The molecule has 2 aromatic rings. The summed E-state index contributed by atoms with van der Waals surface area (Å²) in [5.74, 6) is -0.299. The van der Waals surface area contributed by atoms with Gasteiger partial charge in [-0.3, -0.25) is 4.79 Å². The number of rotatable bonds is 4. The van der Waals surface area contributed by atoms with E-state index in [4.69, 9.17) is 10.00 Å². The maximum absolute atomic E-state index is 13.1. The van der Waals surface area contributed by atoms with Crippen LogP contribution in [0.5, 0.6) is 5.75 Å². The van der Waals surface area contributed by atoms with E-state index < -0.39 is 6.10 Å². The van der Waals surface area contributed by atoms with Crippen molar-refractivity contribution in [1.29, 1.82) is 5.26 Å². The van der Waals surface area contributed by atoms with Crippen molar-refractivity contribution < 1.29 is 19.0 Å². The van der Waals surface area contributed by atoms with E-state index in [9.17, 15) is 14.3 Å². The van der Waals surface area contributed by atoms with Gasteiger partial charge >= 0.3 is 0 Å². The molecule has 2 aromatic carbocycles. The van der Waals surface area contributed by atoms with Gasteiger partial charge in [-0.1, -0.05) is 24.3 Å². The number of hydrogen-bond acceptors (Lipinski definition) is 4. The van der Waals surface area contributed by atoms with Crippen LogP contribution in [0.3, 0.4) is 0 Å². The van der Waals surface area contributed by atoms with Crippen molar-refractivity contribution in [3.8, 4) is 11.8 Å². The monoisotopic (exact) mass is 340 g/mol. The van der Waals surface area contributed by atoms with Crippen molar-refractivity contribution in [2.24, 2.45) is 0 Å². The molecule has 128 valence electrons. The smallest absolute Gasteiger partial charge is 0.261 e. The highest BCUT2D eigenvalue weighted by Gasteiger charge is 2.35. The van der Waals surface area contributed by atoms with Crippen LogP contribution in [-0.2, 0) is 4.79 Å². The van der Waals surface area contributed by atoms with Crippen molar-refractivity contribution in [3.05, 3.63) is 65.5 Å². The Morgan fingerprint density at radius 3 is 2.72 bits per heavy atom. The number of likely N-dealkylation sites (tertiary alicyclic amines) is 1. The summed E-state index contributed by atoms with van der Waals surface area (Å²) in [7, 11) is 0. The predicted molar refractivity (Wildman–Crippen MR) is 88.1 cm³/mol. The number of β-amino-alcohol motifs (C(OH)–C–C–N with tert-alkyl or cyclic N) is 1. The number of nitrogens with zero attached hydrogens (tertiary/aromatic N) is 2. The third kappa shape index (κ3) is 3.78. The molecule has 1 aliphatic heterocycles. The normalized spacial score (nSPS) is 19.5. The Kier molecular flexibility index (Phi) is 4.96. The van der Waals surface area contributed by atoms with Crippen LogP contribution in [0, 0.1) is 17.1 Å². The first-order valence-electron chi connectivity index (χ1n) is 7.93. The summed E-state index contributed by atoms with van der Waals surface area (Å²) in [6.45, 7) is -0.0345. The molecule has 25 heavy (non-hydrogen) atoms. The number of halogens is 1. The number of carbonyl (C=O) groups excluding carboxylic acids is 1. The van der Waals surface area contributed by atoms with Crippen LogP contribution in [-0.4, -0.2) is 35.2 Å². The van der Waals surface area contributed by atoms with E-state index in [1.54, 1.807) is 36.4 Å². The molecule has 0 saturated carbocycles. The lowest BCUT2D eigenvalue weighted by Crippen LogP contribution is -2.35. The van der Waals surface area contributed by atoms with Crippen LogP contribution in [0.4, 0.5) is 4.39 Å². The van der Waals surface area contributed by atoms with Crippen molar-refractivity contribution in [2.45, 2.75) is 18.6 Å². The molecule has 3 rings (SSSR count). The largest absolute Gasteiger partial charge is 0.482 e. The second-order valence-electron chi connectivity index (χ2n) is 5.90. The number of para-hydroxylation sites is 1. The Hall–Kier alpha value is -2.91. The van der Waals surface area contributed by atoms with Crippen LogP contribution < -0.4 is 4.74 Å². The van der Waals surface area contributed by atoms with Crippen molar-refractivity contribution in [2.75, 3.05) is 13.2 Å². The fraction of sp³-hybridized carbons (Fsp3) is 0.263. The highest BCUT2D eigenvalue weighted by Crippen LogP contribution is 2.32. The molecule has 5 nitrogen and oxygen atoms in total. The van der Waals surface area contributed by atoms with E-state index >= 15 is 0 Å². The molecule has 1 saturated heterocycles. The van der Waals surface area contributed by atoms with Gasteiger partial charge in [0, 0.05) is 6.54 Å². The summed E-state index contributed by atoms with van der Waals surface area (Å²) in [6.07, 6.45) is -0.239. The molecular weight excluding hydrogens is 323 g/mol. The Morgan fingerprint density at radius 2 is 2.00 bits per heavy atom. The molecule has 0 radical (unpaired) electrons. The molecule has 6 heteroatoms. The number of carbonyl (C=O) groups is 1. The lowest BCUT2D eigenvalue weighted by atomic mass is 10.0. The van der Waals surface area contributed by atoms with Gasteiger partial charge in [0.25, 0.3) is 5.91 Å². The van der Waals surface area contributed by atoms with Gasteiger partial charge < -0.3 is 14.7 Å². The van der Waals surface area contributed by atoms with Gasteiger partial charge in [0.1, 0.15) is 17.6 Å². The average molecular weight is 340 g/mol. The molecule has 1 amide bonds. The van der Waals surface area contributed by atoms with Crippen LogP contribution in [0.2, 0.25) is 0 Å². The fourth-order valence-corrected chi connectivity index (χ4v) is 3.00. The van der Waals surface area contributed by atoms with Gasteiger partial charge in [0.05, 0.1) is 17.7 Å². The minimum absolute atomic E-state index is 0.199. The minimum Gasteiger partial charge on any atom is -0.482 e. The van der Waals surface area contributed by atoms with E-state index in [1.807, 2.05) is 6.07 Å². The number of hydrogen-bond donors (Lipinski definition) is 1. The zero-order valence-corrected chi connectivity index (χ0v) is 13.4. The van der Waals surface area contributed by atoms with E-state index in [0.29, 0.717) is 17.7 Å². The first kappa shape index (κ1) is 16.9. The topological polar surface area (TPSA) is 73.6 Å². The summed E-state index contributed by atoms with van der Waals surface area (Å²) in [5, 5.41) is 19.0. The van der Waals surface area contributed by atoms with Crippen molar-refractivity contribution >= 4 is 5.91 Å². The molecule has 1 fully saturated rings. The summed E-state index contributed by atoms with van der Waals surface area (Å²) >= 11 is 0. The van der Waals surface area contributed by atoms with Gasteiger partial charge in [-0.05, 0) is 36.2 Å². The van der Waals surface area contributed by atoms with Crippen molar-refractivity contribution in [3.63, 3.8) is 0 Å². The third-order valence-corrected chi connectivity index (χ3v) is 4.21. The average Bonchev–Trinajstić information content (AvgIpc) is 3.02. The van der Waals surface area contributed by atoms with Crippen molar-refractivity contribution in [1.82, 2.24) is 4.90 Å². The Balaban J connectivity index is 1.71. The molecule has 0 aliphatic carbocycles. The lowest BCUT2D eigenvalue weighted by molar-refractivity contribution is -0.134. The first-order valence-corrected chi connectivity index (χ1v) is 7.93. The van der Waals surface area contributed by atoms with Crippen LogP contribution in [0.25, 0.3) is 0 Å². The summed E-state index contributed by atoms with van der Waals surface area (Å²) in [6, 6.07) is 14.3. The Labute approximate surface area is 144 Å². The molecule has 1 aliphatic rings. The number of benzene rings is 2. The van der Waals surface area contributed by atoms with Gasteiger partial charge in [-0.2, -0.15) is 5.26 Å². The predicted octanol–water partition coefficient (Wildman–Crippen LogP) is 2.41. The SMILES string of the molecule is N#Cc1ccccc1OCC(=O)N1C[C@H](O)C[C@H]1c1ccc(F)cc1. The minimum atomic E-state index is -0.634. The molecule has 0 unspecified atom stereocenters. The molecule has 1 N–H and O–H groups in total. The molecule has 2 atom stereocenters. The number of nitriles is 1. The zero-order valence-electron chi connectivity index (χ0n) is 13.4. The van der Waals surface area contributed by atoms with Crippen LogP contribution >= 0.6 is 0 Å². The number of aliphatic hydroxyl groups is 1. The van der Waals surface area contributed by atoms with E-state index in [-0.39, 0.29) is 30.9 Å². The first-order chi connectivity index (χ1) is 12.1. The number of ether oxygens (including phenoxy) is 1. The number of aliphatic hydroxyl groups excluding tert-OH is 1. The second-order valence-corrected chi connectivity index (χ2v) is 5.90. The van der Waals surface area contributed by atoms with Gasteiger partial charge in [0.15, 0.2) is 6.61 Å². The maximum Gasteiger partial charge on any atom is 0.261 e. The van der Waals surface area contributed by atoms with Gasteiger partial charge in [0.2, 0.25) is 0 Å². The number of amides is 1. The molecule has 0 spiro atoms. The Morgan fingerprint density at radius 1 is 1.28 bits per heavy atom. The third-order valence-electron chi connectivity index (χ3n) is 4.21. The Bertz CT molecular complexity index is 801. The quantitative estimate of drug-likeness (QED) is 0.928. The van der Waals surface area contributed by atoms with E-state index in [0.717, 1.165) is 5.56 Å². The highest BCUT2D eigenvalue weighted by molar-refractivity contribution is 5.78. The summed E-state index contributed by atoms with van der Waals surface area (Å²) < 4.78 is 18.6. The van der Waals surface area contributed by atoms with E-state index in [2.05, 4.69) is 0 Å². The standard InChI is InChI=1S/C19H17FN2O3/c20-15-7-5-13(6-8-15)17-9-16(23)11-22(17)19(24)12-25-18-4-2-1-3-14(18)10-21/h1-8,16-17,23H,9,11-12H2/t16-,17+/m1/s1. The van der Waals surface area contributed by atoms with Crippen LogP contribution in [0.15, 0.2) is 48.5 Å². The molecule has 0 aromatic heterocycles. The summed E-state index contributed by atoms with van der Waals surface area (Å²) in [4.78, 5) is 14.1. The summed E-state index contributed by atoms with van der Waals surface area (Å²) in [5.41, 5.74) is 1.12. The zero-order chi connectivity index (χ0) is 17.8. The van der Waals surface area contributed by atoms with E-state index in [1.165, 1.54) is 17.0 Å². The highest BCUT2D eigenvalue weighted by atomic mass is 19.1. The molecular formula is C19H17FN2O3. The molecule has 0 bridgehead atoms. The second kappa shape index (κ2) is 7.32. The molecule has 1 heterocycles. The fourth-order valence-electron chi connectivity index (χ4n) is 3.00. The lowest BCUT2D eigenvalue weighted by Gasteiger charge is -2.25. The maximum atomic E-state index is 13.1. The van der Waals surface area contributed by atoms with Gasteiger partial charge in [-0.25, -0.2) is 4.39 Å². The van der Waals surface area contributed by atoms with Gasteiger partial charge in [-0.15, -0.1) is 0 Å².